The van der Waals surface area contributed by atoms with Gasteiger partial charge in [0.1, 0.15) is 0 Å². The highest BCUT2D eigenvalue weighted by atomic mass is 16.4. The summed E-state index contributed by atoms with van der Waals surface area (Å²) in [5.41, 5.74) is 0.0545. The van der Waals surface area contributed by atoms with E-state index in [9.17, 15) is 9.59 Å². The zero-order chi connectivity index (χ0) is 13.8. The fraction of sp³-hybridized carbons (Fsp3) is 0.714. The quantitative estimate of drug-likeness (QED) is 0.738. The first-order chi connectivity index (χ1) is 8.37. The molecule has 1 rings (SSSR count). The molecule has 0 aromatic rings. The highest BCUT2D eigenvalue weighted by Gasteiger charge is 2.34. The van der Waals surface area contributed by atoms with E-state index in [0.29, 0.717) is 19.4 Å². The normalized spacial score (nSPS) is 23.7. The molecule has 18 heavy (non-hydrogen) atoms. The molecule has 4 heteroatoms. The van der Waals surface area contributed by atoms with Gasteiger partial charge in [-0.25, -0.2) is 0 Å². The van der Waals surface area contributed by atoms with Crippen molar-refractivity contribution in [1.29, 1.82) is 0 Å². The molecule has 0 bridgehead atoms. The molecule has 1 aliphatic rings. The average molecular weight is 253 g/mol. The van der Waals surface area contributed by atoms with Gasteiger partial charge in [-0.1, -0.05) is 32.9 Å². The van der Waals surface area contributed by atoms with E-state index in [1.54, 1.807) is 0 Å². The maximum atomic E-state index is 12.1. The Balaban J connectivity index is 2.60. The maximum Gasteiger partial charge on any atom is 0.307 e. The highest BCUT2D eigenvalue weighted by molar-refractivity contribution is 5.85. The van der Waals surface area contributed by atoms with Gasteiger partial charge >= 0.3 is 5.97 Å². The van der Waals surface area contributed by atoms with E-state index in [-0.39, 0.29) is 11.3 Å². The molecule has 1 amide bonds. The second-order valence-corrected chi connectivity index (χ2v) is 5.73. The molecule has 2 unspecified atom stereocenters. The zero-order valence-electron chi connectivity index (χ0n) is 11.4. The van der Waals surface area contributed by atoms with Crippen molar-refractivity contribution < 1.29 is 14.7 Å². The standard InChI is InChI=1S/C14H23NO3/c1-4-14(2,3)9-15-12(16)10-7-5-6-8-11(10)13(17)18/h5-6,10-11H,4,7-9H2,1-3H3,(H,15,16)(H,17,18). The van der Waals surface area contributed by atoms with Gasteiger partial charge in [-0.05, 0) is 24.7 Å². The van der Waals surface area contributed by atoms with E-state index < -0.39 is 17.8 Å². The Morgan fingerprint density at radius 3 is 2.33 bits per heavy atom. The third-order valence-electron chi connectivity index (χ3n) is 3.78. The van der Waals surface area contributed by atoms with Gasteiger partial charge in [0.25, 0.3) is 0 Å². The number of hydrogen-bond donors (Lipinski definition) is 2. The molecule has 0 aliphatic heterocycles. The molecule has 0 saturated carbocycles. The van der Waals surface area contributed by atoms with Gasteiger partial charge in [-0.15, -0.1) is 0 Å². The van der Waals surface area contributed by atoms with Gasteiger partial charge in [-0.2, -0.15) is 0 Å². The summed E-state index contributed by atoms with van der Waals surface area (Å²) in [6.07, 6.45) is 5.69. The van der Waals surface area contributed by atoms with Crippen molar-refractivity contribution in [2.45, 2.75) is 40.0 Å². The first-order valence-corrected chi connectivity index (χ1v) is 6.53. The Hall–Kier alpha value is -1.32. The van der Waals surface area contributed by atoms with E-state index in [4.69, 9.17) is 5.11 Å². The van der Waals surface area contributed by atoms with Crippen LogP contribution >= 0.6 is 0 Å². The van der Waals surface area contributed by atoms with Crippen LogP contribution in [-0.4, -0.2) is 23.5 Å². The molecule has 0 saturated heterocycles. The fourth-order valence-corrected chi connectivity index (χ4v) is 1.96. The molecule has 0 fully saturated rings. The smallest absolute Gasteiger partial charge is 0.307 e. The lowest BCUT2D eigenvalue weighted by atomic mass is 9.82. The number of carboxylic acids is 1. The molecule has 0 radical (unpaired) electrons. The number of hydrogen-bond acceptors (Lipinski definition) is 2. The van der Waals surface area contributed by atoms with Crippen LogP contribution in [0.4, 0.5) is 0 Å². The summed E-state index contributed by atoms with van der Waals surface area (Å²) in [5, 5.41) is 12.0. The van der Waals surface area contributed by atoms with Gasteiger partial charge < -0.3 is 10.4 Å². The van der Waals surface area contributed by atoms with Crippen LogP contribution in [0.1, 0.15) is 40.0 Å². The van der Waals surface area contributed by atoms with E-state index in [1.807, 2.05) is 12.2 Å². The topological polar surface area (TPSA) is 66.4 Å². The van der Waals surface area contributed by atoms with E-state index in [2.05, 4.69) is 26.1 Å². The van der Waals surface area contributed by atoms with Crippen molar-refractivity contribution in [1.82, 2.24) is 5.32 Å². The van der Waals surface area contributed by atoms with Gasteiger partial charge in [0.15, 0.2) is 0 Å². The Labute approximate surface area is 108 Å². The predicted octanol–water partition coefficient (Wildman–Crippen LogP) is 2.21. The number of carbonyl (C=O) groups is 2. The summed E-state index contributed by atoms with van der Waals surface area (Å²) in [7, 11) is 0. The molecule has 0 aromatic carbocycles. The van der Waals surface area contributed by atoms with Crippen molar-refractivity contribution in [2.75, 3.05) is 6.54 Å². The lowest BCUT2D eigenvalue weighted by Crippen LogP contribution is -2.42. The maximum absolute atomic E-state index is 12.1. The zero-order valence-corrected chi connectivity index (χ0v) is 11.4. The molecular formula is C14H23NO3. The molecule has 2 N–H and O–H groups in total. The predicted molar refractivity (Wildman–Crippen MR) is 70.1 cm³/mol. The number of carbonyl (C=O) groups excluding carboxylic acids is 1. The van der Waals surface area contributed by atoms with Gasteiger partial charge in [0.2, 0.25) is 5.91 Å². The van der Waals surface area contributed by atoms with Crippen molar-refractivity contribution in [3.63, 3.8) is 0 Å². The summed E-state index contributed by atoms with van der Waals surface area (Å²) in [6, 6.07) is 0. The largest absolute Gasteiger partial charge is 0.481 e. The molecule has 1 aliphatic carbocycles. The van der Waals surface area contributed by atoms with Gasteiger partial charge in [-0.3, -0.25) is 9.59 Å². The summed E-state index contributed by atoms with van der Waals surface area (Å²) < 4.78 is 0. The minimum atomic E-state index is -0.880. The number of amides is 1. The summed E-state index contributed by atoms with van der Waals surface area (Å²) in [6.45, 7) is 6.84. The Kier molecular flexibility index (Phi) is 4.93. The fourth-order valence-electron chi connectivity index (χ4n) is 1.96. The minimum Gasteiger partial charge on any atom is -0.481 e. The Bertz CT molecular complexity index is 347. The lowest BCUT2D eigenvalue weighted by Gasteiger charge is -2.27. The third-order valence-corrected chi connectivity index (χ3v) is 3.78. The molecular weight excluding hydrogens is 230 g/mol. The van der Waals surface area contributed by atoms with Crippen molar-refractivity contribution in [2.24, 2.45) is 17.3 Å². The molecule has 4 nitrogen and oxygen atoms in total. The average Bonchev–Trinajstić information content (AvgIpc) is 2.36. The summed E-state index contributed by atoms with van der Waals surface area (Å²) >= 11 is 0. The minimum absolute atomic E-state index is 0.0545. The first-order valence-electron chi connectivity index (χ1n) is 6.53. The van der Waals surface area contributed by atoms with Crippen LogP contribution in [0.3, 0.4) is 0 Å². The molecule has 102 valence electrons. The number of rotatable bonds is 5. The van der Waals surface area contributed by atoms with Crippen LogP contribution in [0.2, 0.25) is 0 Å². The number of aliphatic carboxylic acids is 1. The highest BCUT2D eigenvalue weighted by Crippen LogP contribution is 2.26. The SMILES string of the molecule is CCC(C)(C)CNC(=O)C1CC=CCC1C(=O)O. The first kappa shape index (κ1) is 14.7. The van der Waals surface area contributed by atoms with Crippen molar-refractivity contribution in [3.05, 3.63) is 12.2 Å². The van der Waals surface area contributed by atoms with Crippen molar-refractivity contribution in [3.8, 4) is 0 Å². The lowest BCUT2D eigenvalue weighted by molar-refractivity contribution is -0.147. The number of nitrogens with one attached hydrogen (secondary N) is 1. The van der Waals surface area contributed by atoms with E-state index in [1.165, 1.54) is 0 Å². The number of carboxylic acid groups (broad SMARTS) is 1. The van der Waals surface area contributed by atoms with Crippen LogP contribution in [-0.2, 0) is 9.59 Å². The monoisotopic (exact) mass is 253 g/mol. The Morgan fingerprint density at radius 1 is 1.28 bits per heavy atom. The van der Waals surface area contributed by atoms with Crippen LogP contribution in [0.15, 0.2) is 12.2 Å². The molecule has 0 spiro atoms. The summed E-state index contributed by atoms with van der Waals surface area (Å²) in [4.78, 5) is 23.2. The van der Waals surface area contributed by atoms with Crippen LogP contribution < -0.4 is 5.32 Å². The number of allylic oxidation sites excluding steroid dienone is 2. The van der Waals surface area contributed by atoms with Gasteiger partial charge in [0, 0.05) is 6.54 Å². The van der Waals surface area contributed by atoms with Crippen LogP contribution in [0, 0.1) is 17.3 Å². The Morgan fingerprint density at radius 2 is 1.83 bits per heavy atom. The molecule has 2 atom stereocenters. The third kappa shape index (κ3) is 3.86. The van der Waals surface area contributed by atoms with Crippen LogP contribution in [0.5, 0.6) is 0 Å². The van der Waals surface area contributed by atoms with E-state index >= 15 is 0 Å². The second kappa shape index (κ2) is 6.03. The van der Waals surface area contributed by atoms with Crippen molar-refractivity contribution >= 4 is 11.9 Å². The van der Waals surface area contributed by atoms with E-state index in [0.717, 1.165) is 6.42 Å². The van der Waals surface area contributed by atoms with Crippen LogP contribution in [0.25, 0.3) is 0 Å². The second-order valence-electron chi connectivity index (χ2n) is 5.73. The summed E-state index contributed by atoms with van der Waals surface area (Å²) in [5.74, 6) is -2.03. The molecule has 0 heterocycles. The van der Waals surface area contributed by atoms with Gasteiger partial charge in [0.05, 0.1) is 11.8 Å². The molecule has 0 aromatic heterocycles.